The monoisotopic (exact) mass is 372 g/mol. The number of rotatable bonds is 3. The van der Waals surface area contributed by atoms with Crippen LogP contribution in [0.25, 0.3) is 21.5 Å². The first kappa shape index (κ1) is 19.1. The van der Waals surface area contributed by atoms with Crippen LogP contribution in [0.2, 0.25) is 0 Å². The average molecular weight is 372 g/mol. The van der Waals surface area contributed by atoms with E-state index >= 15 is 0 Å². The standard InChI is InChI=1S/C21H16O3S.Na.H/c22-25(23,24)21(19-13-5-9-15-7-1-3-11-17(15)19)20-14-6-10-16-8-2-4-12-18(16)20;;/h1-14,21H,(H,22,23,24);;. The van der Waals surface area contributed by atoms with Crippen LogP contribution < -0.4 is 0 Å². The third-order valence-electron chi connectivity index (χ3n) is 4.51. The van der Waals surface area contributed by atoms with E-state index in [9.17, 15) is 13.0 Å². The quantitative estimate of drug-likeness (QED) is 0.430. The van der Waals surface area contributed by atoms with Crippen LogP contribution in [0, 0.1) is 0 Å². The van der Waals surface area contributed by atoms with E-state index in [-0.39, 0.29) is 29.6 Å². The van der Waals surface area contributed by atoms with Crippen LogP contribution in [0.5, 0.6) is 0 Å². The van der Waals surface area contributed by atoms with Crippen LogP contribution in [0.1, 0.15) is 16.4 Å². The van der Waals surface area contributed by atoms with Crippen LogP contribution in [0.3, 0.4) is 0 Å². The third-order valence-corrected chi connectivity index (χ3v) is 5.61. The van der Waals surface area contributed by atoms with Crippen molar-refractivity contribution < 1.29 is 13.0 Å². The Labute approximate surface area is 174 Å². The predicted molar refractivity (Wildman–Crippen MR) is 108 cm³/mol. The molecule has 0 atom stereocenters. The molecule has 0 aliphatic heterocycles. The molecule has 0 aliphatic carbocycles. The van der Waals surface area contributed by atoms with E-state index in [2.05, 4.69) is 0 Å². The summed E-state index contributed by atoms with van der Waals surface area (Å²) in [6.45, 7) is 0. The van der Waals surface area contributed by atoms with Crippen LogP contribution in [0.15, 0.2) is 84.9 Å². The Kier molecular flexibility index (Phi) is 5.51. The molecule has 4 aromatic rings. The van der Waals surface area contributed by atoms with Crippen LogP contribution in [0.4, 0.5) is 0 Å². The van der Waals surface area contributed by atoms with Gasteiger partial charge in [-0.1, -0.05) is 84.9 Å². The normalized spacial score (nSPS) is 11.6. The summed E-state index contributed by atoms with van der Waals surface area (Å²) >= 11 is 0. The number of fused-ring (bicyclic) bond motifs is 2. The molecule has 5 heteroatoms. The Bertz CT molecular complexity index is 1100. The second kappa shape index (κ2) is 7.51. The summed E-state index contributed by atoms with van der Waals surface area (Å²) in [7, 11) is -4.35. The molecule has 0 heterocycles. The van der Waals surface area contributed by atoms with Crippen LogP contribution in [-0.4, -0.2) is 42.5 Å². The SMILES string of the molecule is O=S(=O)(O)C(c1cccc2ccccc12)c1cccc2ccccc12.[NaH]. The number of benzene rings is 4. The van der Waals surface area contributed by atoms with Crippen molar-refractivity contribution in [1.82, 2.24) is 0 Å². The van der Waals surface area contributed by atoms with E-state index in [1.165, 1.54) is 0 Å². The fourth-order valence-corrected chi connectivity index (χ4v) is 4.50. The Morgan fingerprint density at radius 1 is 0.615 bits per heavy atom. The molecule has 0 radical (unpaired) electrons. The van der Waals surface area contributed by atoms with Gasteiger partial charge in [0, 0.05) is 0 Å². The van der Waals surface area contributed by atoms with Crippen molar-refractivity contribution in [2.75, 3.05) is 0 Å². The molecule has 4 aromatic carbocycles. The van der Waals surface area contributed by atoms with Gasteiger partial charge in [-0.15, -0.1) is 0 Å². The molecule has 1 N–H and O–H groups in total. The van der Waals surface area contributed by atoms with Crippen molar-refractivity contribution in [2.45, 2.75) is 5.25 Å². The Hall–Kier alpha value is -1.69. The van der Waals surface area contributed by atoms with Crippen LogP contribution in [-0.2, 0) is 10.1 Å². The summed E-state index contributed by atoms with van der Waals surface area (Å²) in [4.78, 5) is 0. The summed E-state index contributed by atoms with van der Waals surface area (Å²) < 4.78 is 34.8. The molecular formula is C21H17NaO3S. The summed E-state index contributed by atoms with van der Waals surface area (Å²) in [6, 6.07) is 26.2. The van der Waals surface area contributed by atoms with Gasteiger partial charge in [0.2, 0.25) is 0 Å². The zero-order chi connectivity index (χ0) is 17.4. The second-order valence-electron chi connectivity index (χ2n) is 6.03. The molecule has 4 rings (SSSR count). The topological polar surface area (TPSA) is 54.4 Å². The molecule has 0 aromatic heterocycles. The van der Waals surface area contributed by atoms with Crippen molar-refractivity contribution in [2.24, 2.45) is 0 Å². The summed E-state index contributed by atoms with van der Waals surface area (Å²) in [5.74, 6) is 0. The average Bonchev–Trinajstić information content (AvgIpc) is 2.61. The van der Waals surface area contributed by atoms with Gasteiger partial charge in [-0.25, -0.2) is 0 Å². The molecule has 0 unspecified atom stereocenters. The van der Waals surface area contributed by atoms with Gasteiger partial charge in [-0.2, -0.15) is 8.42 Å². The van der Waals surface area contributed by atoms with Crippen molar-refractivity contribution in [3.05, 3.63) is 96.1 Å². The van der Waals surface area contributed by atoms with E-state index in [0.717, 1.165) is 21.5 Å². The van der Waals surface area contributed by atoms with Gasteiger partial charge in [0.25, 0.3) is 10.1 Å². The molecular weight excluding hydrogens is 355 g/mol. The zero-order valence-electron chi connectivity index (χ0n) is 13.3. The maximum absolute atomic E-state index is 12.4. The minimum absolute atomic E-state index is 0. The summed E-state index contributed by atoms with van der Waals surface area (Å²) in [5, 5.41) is 2.38. The van der Waals surface area contributed by atoms with E-state index < -0.39 is 15.4 Å². The van der Waals surface area contributed by atoms with Gasteiger partial charge in [-0.3, -0.25) is 4.55 Å². The summed E-state index contributed by atoms with van der Waals surface area (Å²) in [6.07, 6.45) is 0. The van der Waals surface area contributed by atoms with Gasteiger partial charge in [-0.05, 0) is 32.7 Å². The van der Waals surface area contributed by atoms with Crippen LogP contribution >= 0.6 is 0 Å². The molecule has 0 fully saturated rings. The molecule has 0 spiro atoms. The summed E-state index contributed by atoms with van der Waals surface area (Å²) in [5.41, 5.74) is 1.16. The van der Waals surface area contributed by atoms with Crippen molar-refractivity contribution >= 4 is 61.2 Å². The van der Waals surface area contributed by atoms with Gasteiger partial charge in [0.15, 0.2) is 0 Å². The molecule has 126 valence electrons. The van der Waals surface area contributed by atoms with Gasteiger partial charge >= 0.3 is 29.6 Å². The van der Waals surface area contributed by atoms with E-state index in [1.807, 2.05) is 72.8 Å². The minimum atomic E-state index is -4.35. The van der Waals surface area contributed by atoms with E-state index in [4.69, 9.17) is 0 Å². The van der Waals surface area contributed by atoms with Gasteiger partial charge in [0.05, 0.1) is 0 Å². The first-order valence-electron chi connectivity index (χ1n) is 7.97. The number of hydrogen-bond donors (Lipinski definition) is 1. The Morgan fingerprint density at radius 2 is 1.00 bits per heavy atom. The number of hydrogen-bond acceptors (Lipinski definition) is 2. The predicted octanol–water partition coefficient (Wildman–Crippen LogP) is 4.32. The van der Waals surface area contributed by atoms with Crippen molar-refractivity contribution in [3.63, 3.8) is 0 Å². The fraction of sp³-hybridized carbons (Fsp3) is 0.0476. The van der Waals surface area contributed by atoms with Crippen molar-refractivity contribution in [3.8, 4) is 0 Å². The zero-order valence-corrected chi connectivity index (χ0v) is 14.1. The van der Waals surface area contributed by atoms with E-state index in [1.54, 1.807) is 12.1 Å². The molecule has 26 heavy (non-hydrogen) atoms. The van der Waals surface area contributed by atoms with Gasteiger partial charge < -0.3 is 0 Å². The molecule has 0 saturated carbocycles. The molecule has 0 saturated heterocycles. The van der Waals surface area contributed by atoms with Crippen molar-refractivity contribution in [1.29, 1.82) is 0 Å². The third kappa shape index (κ3) is 3.43. The first-order valence-corrected chi connectivity index (χ1v) is 9.47. The first-order chi connectivity index (χ1) is 12.1. The van der Waals surface area contributed by atoms with E-state index in [0.29, 0.717) is 11.1 Å². The van der Waals surface area contributed by atoms with Gasteiger partial charge in [0.1, 0.15) is 5.25 Å². The Balaban J connectivity index is 0.00000196. The molecule has 0 bridgehead atoms. The molecule has 0 amide bonds. The molecule has 3 nitrogen and oxygen atoms in total. The fourth-order valence-electron chi connectivity index (χ4n) is 3.45. The second-order valence-corrected chi connectivity index (χ2v) is 7.53. The maximum atomic E-state index is 12.4. The Morgan fingerprint density at radius 3 is 1.42 bits per heavy atom. The molecule has 0 aliphatic rings.